The van der Waals surface area contributed by atoms with Gasteiger partial charge in [0.15, 0.2) is 0 Å². The fraction of sp³-hybridized carbons (Fsp3) is 0. The summed E-state index contributed by atoms with van der Waals surface area (Å²) in [6, 6.07) is 84.9. The minimum absolute atomic E-state index is 0.898. The zero-order chi connectivity index (χ0) is 39.8. The Morgan fingerprint density at radius 1 is 0.267 bits per heavy atom. The molecule has 0 N–H and O–H groups in total. The molecule has 11 rings (SSSR count). The summed E-state index contributed by atoms with van der Waals surface area (Å²) in [6.07, 6.45) is 0. The zero-order valence-electron chi connectivity index (χ0n) is 32.9. The molecule has 0 radical (unpaired) electrons. The van der Waals surface area contributed by atoms with E-state index >= 15 is 0 Å². The topological polar surface area (TPSA) is 16.4 Å². The van der Waals surface area contributed by atoms with Crippen LogP contribution in [-0.4, -0.2) is 0 Å². The fourth-order valence-corrected chi connectivity index (χ4v) is 8.73. The van der Waals surface area contributed by atoms with Crippen molar-refractivity contribution in [2.75, 3.05) is 4.90 Å². The Morgan fingerprint density at radius 3 is 1.43 bits per heavy atom. The third-order valence-corrected chi connectivity index (χ3v) is 11.7. The van der Waals surface area contributed by atoms with Crippen LogP contribution >= 0.6 is 0 Å². The molecule has 0 saturated carbocycles. The lowest BCUT2D eigenvalue weighted by atomic mass is 9.93. The first-order valence-corrected chi connectivity index (χ1v) is 20.5. The van der Waals surface area contributed by atoms with Crippen LogP contribution in [0.2, 0.25) is 0 Å². The molecule has 0 unspecified atom stereocenters. The lowest BCUT2D eigenvalue weighted by Gasteiger charge is -2.26. The van der Waals surface area contributed by atoms with Crippen LogP contribution in [0.1, 0.15) is 0 Å². The molecule has 2 heteroatoms. The van der Waals surface area contributed by atoms with Gasteiger partial charge in [0, 0.05) is 27.8 Å². The number of hydrogen-bond donors (Lipinski definition) is 0. The van der Waals surface area contributed by atoms with Crippen molar-refractivity contribution in [3.8, 4) is 55.6 Å². The molecule has 10 aromatic carbocycles. The number of hydrogen-bond acceptors (Lipinski definition) is 2. The molecule has 0 bridgehead atoms. The molecule has 2 nitrogen and oxygen atoms in total. The van der Waals surface area contributed by atoms with Crippen LogP contribution in [0.5, 0.6) is 0 Å². The molecule has 0 spiro atoms. The molecule has 11 aromatic rings. The second-order valence-electron chi connectivity index (χ2n) is 15.3. The predicted molar refractivity (Wildman–Crippen MR) is 253 cm³/mol. The maximum Gasteiger partial charge on any atom is 0.136 e. The van der Waals surface area contributed by atoms with Crippen LogP contribution in [-0.2, 0) is 0 Å². The van der Waals surface area contributed by atoms with E-state index in [-0.39, 0.29) is 0 Å². The smallest absolute Gasteiger partial charge is 0.136 e. The SMILES string of the molecule is c1ccc(-c2cc(-c3ccccc3)cc(-c3ccc(N(c4ccc(-c5cccc6oc7ccccc7c56)cc4)c4cccc(-c5cccc6ccccc56)c4)cc3)c2)cc1. The minimum Gasteiger partial charge on any atom is -0.456 e. The third-order valence-electron chi connectivity index (χ3n) is 11.7. The summed E-state index contributed by atoms with van der Waals surface area (Å²) < 4.78 is 6.26. The van der Waals surface area contributed by atoms with Gasteiger partial charge >= 0.3 is 0 Å². The number of nitrogens with zero attached hydrogens (tertiary/aromatic N) is 1. The maximum absolute atomic E-state index is 6.26. The Labute approximate surface area is 349 Å². The number of anilines is 3. The number of rotatable bonds is 8. The Bertz CT molecular complexity index is 3230. The third kappa shape index (κ3) is 6.51. The lowest BCUT2D eigenvalue weighted by molar-refractivity contribution is 0.669. The molecule has 0 aliphatic carbocycles. The van der Waals surface area contributed by atoms with E-state index in [2.05, 4.69) is 229 Å². The van der Waals surface area contributed by atoms with E-state index in [1.54, 1.807) is 0 Å². The first kappa shape index (κ1) is 35.2. The first-order valence-electron chi connectivity index (χ1n) is 20.5. The summed E-state index contributed by atoms with van der Waals surface area (Å²) in [6.45, 7) is 0. The van der Waals surface area contributed by atoms with Crippen LogP contribution in [0, 0.1) is 0 Å². The predicted octanol–water partition coefficient (Wildman–Crippen LogP) is 16.5. The van der Waals surface area contributed by atoms with E-state index in [0.29, 0.717) is 0 Å². The van der Waals surface area contributed by atoms with Crippen LogP contribution in [0.3, 0.4) is 0 Å². The molecule has 0 saturated heterocycles. The normalized spacial score (nSPS) is 11.3. The van der Waals surface area contributed by atoms with Crippen LogP contribution in [0.4, 0.5) is 17.1 Å². The highest BCUT2D eigenvalue weighted by Crippen LogP contribution is 2.42. The van der Waals surface area contributed by atoms with E-state index < -0.39 is 0 Å². The van der Waals surface area contributed by atoms with Gasteiger partial charge in [0.1, 0.15) is 11.2 Å². The number of furan rings is 1. The van der Waals surface area contributed by atoms with Crippen molar-refractivity contribution < 1.29 is 4.42 Å². The average molecular weight is 766 g/mol. The monoisotopic (exact) mass is 765 g/mol. The van der Waals surface area contributed by atoms with Gasteiger partial charge in [-0.3, -0.25) is 0 Å². The maximum atomic E-state index is 6.26. The molecule has 0 fully saturated rings. The van der Waals surface area contributed by atoms with Crippen LogP contribution < -0.4 is 4.90 Å². The summed E-state index contributed by atoms with van der Waals surface area (Å²) >= 11 is 0. The number of benzene rings is 10. The number of para-hydroxylation sites is 1. The van der Waals surface area contributed by atoms with Crippen LogP contribution in [0.25, 0.3) is 88.3 Å². The van der Waals surface area contributed by atoms with Gasteiger partial charge in [-0.1, -0.05) is 170 Å². The standard InChI is InChI=1S/C58H39NO/c1-3-14-40(15-4-1)46-36-47(41-16-5-2-6-17-41)38-48(37-46)42-28-32-49(33-29-42)59(51-21-11-20-45(39-51)53-24-12-19-43-18-7-8-22-52(43)53)50-34-30-44(31-35-50)54-25-13-27-57-58(54)55-23-9-10-26-56(55)60-57/h1-39H. The van der Waals surface area contributed by atoms with Gasteiger partial charge in [0.05, 0.1) is 0 Å². The zero-order valence-corrected chi connectivity index (χ0v) is 32.9. The summed E-state index contributed by atoms with van der Waals surface area (Å²) in [5, 5.41) is 4.74. The van der Waals surface area contributed by atoms with Crippen molar-refractivity contribution in [2.24, 2.45) is 0 Å². The van der Waals surface area contributed by atoms with E-state index in [4.69, 9.17) is 4.42 Å². The van der Waals surface area contributed by atoms with Gasteiger partial charge in [-0.05, 0) is 133 Å². The van der Waals surface area contributed by atoms with Crippen molar-refractivity contribution in [1.29, 1.82) is 0 Å². The molecule has 1 heterocycles. The van der Waals surface area contributed by atoms with Gasteiger partial charge in [0.25, 0.3) is 0 Å². The Hall–Kier alpha value is -7.94. The highest BCUT2D eigenvalue weighted by Gasteiger charge is 2.17. The quantitative estimate of drug-likeness (QED) is 0.153. The molecule has 282 valence electrons. The number of fused-ring (bicyclic) bond motifs is 4. The Morgan fingerprint density at radius 2 is 0.750 bits per heavy atom. The fourth-order valence-electron chi connectivity index (χ4n) is 8.73. The molecule has 0 aliphatic rings. The van der Waals surface area contributed by atoms with Gasteiger partial charge in [-0.2, -0.15) is 0 Å². The molecular weight excluding hydrogens is 727 g/mol. The molecule has 0 atom stereocenters. The summed E-state index contributed by atoms with van der Waals surface area (Å²) in [5.41, 5.74) is 16.9. The Kier molecular flexibility index (Phi) is 8.87. The van der Waals surface area contributed by atoms with Crippen LogP contribution in [0.15, 0.2) is 241 Å². The van der Waals surface area contributed by atoms with Gasteiger partial charge in [-0.15, -0.1) is 0 Å². The summed E-state index contributed by atoms with van der Waals surface area (Å²) in [4.78, 5) is 2.37. The van der Waals surface area contributed by atoms with Crippen molar-refractivity contribution in [1.82, 2.24) is 0 Å². The van der Waals surface area contributed by atoms with E-state index in [9.17, 15) is 0 Å². The summed E-state index contributed by atoms with van der Waals surface area (Å²) in [5.74, 6) is 0. The molecule has 0 amide bonds. The molecule has 1 aromatic heterocycles. The average Bonchev–Trinajstić information content (AvgIpc) is 3.72. The van der Waals surface area contributed by atoms with E-state index in [1.807, 2.05) is 12.1 Å². The molecule has 60 heavy (non-hydrogen) atoms. The van der Waals surface area contributed by atoms with Crippen molar-refractivity contribution in [3.63, 3.8) is 0 Å². The highest BCUT2D eigenvalue weighted by molar-refractivity contribution is 6.12. The molecular formula is C58H39NO. The summed E-state index contributed by atoms with van der Waals surface area (Å²) in [7, 11) is 0. The second-order valence-corrected chi connectivity index (χ2v) is 15.3. The Balaban J connectivity index is 1.03. The molecule has 0 aliphatic heterocycles. The lowest BCUT2D eigenvalue weighted by Crippen LogP contribution is -2.10. The van der Waals surface area contributed by atoms with Gasteiger partial charge < -0.3 is 9.32 Å². The largest absolute Gasteiger partial charge is 0.456 e. The second kappa shape index (κ2) is 15.1. The minimum atomic E-state index is 0.898. The van der Waals surface area contributed by atoms with E-state index in [0.717, 1.165) is 55.7 Å². The first-order chi connectivity index (χ1) is 29.7. The highest BCUT2D eigenvalue weighted by atomic mass is 16.3. The van der Waals surface area contributed by atoms with Gasteiger partial charge in [-0.25, -0.2) is 0 Å². The van der Waals surface area contributed by atoms with Crippen molar-refractivity contribution in [2.45, 2.75) is 0 Å². The van der Waals surface area contributed by atoms with Crippen molar-refractivity contribution in [3.05, 3.63) is 237 Å². The van der Waals surface area contributed by atoms with Crippen molar-refractivity contribution >= 4 is 49.8 Å². The van der Waals surface area contributed by atoms with E-state index in [1.165, 1.54) is 49.7 Å². The van der Waals surface area contributed by atoms with Gasteiger partial charge in [0.2, 0.25) is 0 Å².